The van der Waals surface area contributed by atoms with Crippen LogP contribution in [0.25, 0.3) is 0 Å². The van der Waals surface area contributed by atoms with Crippen LogP contribution in [0.5, 0.6) is 0 Å². The number of benzene rings is 1. The largest absolute Gasteiger partial charge is 0.314 e. The molecule has 1 aromatic rings. The molecule has 0 amide bonds. The minimum atomic E-state index is -0.499. The van der Waals surface area contributed by atoms with Gasteiger partial charge in [0.2, 0.25) is 0 Å². The maximum absolute atomic E-state index is 14.0. The van der Waals surface area contributed by atoms with Crippen LogP contribution in [-0.4, -0.2) is 12.6 Å². The quantitative estimate of drug-likeness (QED) is 0.861. The number of rotatable bonds is 4. The second-order valence-corrected chi connectivity index (χ2v) is 5.65. The first-order valence-corrected chi connectivity index (χ1v) is 6.72. The van der Waals surface area contributed by atoms with Gasteiger partial charge in [0.25, 0.3) is 0 Å². The highest BCUT2D eigenvalue weighted by Gasteiger charge is 2.37. The van der Waals surface area contributed by atoms with E-state index in [-0.39, 0.29) is 5.41 Å². The van der Waals surface area contributed by atoms with E-state index >= 15 is 0 Å². The van der Waals surface area contributed by atoms with Crippen molar-refractivity contribution in [3.05, 3.63) is 35.4 Å². The van der Waals surface area contributed by atoms with E-state index < -0.39 is 11.6 Å². The Morgan fingerprint density at radius 3 is 2.44 bits per heavy atom. The van der Waals surface area contributed by atoms with E-state index in [4.69, 9.17) is 0 Å². The van der Waals surface area contributed by atoms with Gasteiger partial charge in [-0.3, -0.25) is 0 Å². The molecule has 1 N–H and O–H groups in total. The molecule has 18 heavy (non-hydrogen) atoms. The van der Waals surface area contributed by atoms with Crippen LogP contribution in [0, 0.1) is 11.6 Å². The minimum absolute atomic E-state index is 0.151. The highest BCUT2D eigenvalue weighted by molar-refractivity contribution is 5.29. The summed E-state index contributed by atoms with van der Waals surface area (Å²) in [6, 6.07) is 4.38. The van der Waals surface area contributed by atoms with Crippen LogP contribution in [0.15, 0.2) is 18.2 Å². The Balaban J connectivity index is 2.28. The first kappa shape index (κ1) is 13.5. The van der Waals surface area contributed by atoms with Gasteiger partial charge in [-0.05, 0) is 24.5 Å². The van der Waals surface area contributed by atoms with Crippen molar-refractivity contribution < 1.29 is 8.78 Å². The molecular weight excluding hydrogens is 232 g/mol. The molecular formula is C15H21F2N. The van der Waals surface area contributed by atoms with Gasteiger partial charge in [-0.2, -0.15) is 0 Å². The molecule has 100 valence electrons. The first-order valence-electron chi connectivity index (χ1n) is 6.72. The van der Waals surface area contributed by atoms with E-state index in [0.717, 1.165) is 38.3 Å². The van der Waals surface area contributed by atoms with E-state index in [1.54, 1.807) is 6.07 Å². The fourth-order valence-electron chi connectivity index (χ4n) is 2.91. The first-order chi connectivity index (χ1) is 8.53. The van der Waals surface area contributed by atoms with Crippen molar-refractivity contribution in [3.63, 3.8) is 0 Å². The van der Waals surface area contributed by atoms with Crippen molar-refractivity contribution in [3.8, 4) is 0 Å². The van der Waals surface area contributed by atoms with Crippen LogP contribution in [0.4, 0.5) is 8.78 Å². The van der Waals surface area contributed by atoms with Gasteiger partial charge >= 0.3 is 0 Å². The second kappa shape index (κ2) is 5.35. The molecule has 1 aliphatic carbocycles. The molecule has 0 aliphatic heterocycles. The molecule has 3 heteroatoms. The molecule has 0 heterocycles. The van der Waals surface area contributed by atoms with Crippen molar-refractivity contribution in [2.24, 2.45) is 0 Å². The maximum Gasteiger partial charge on any atom is 0.129 e. The molecule has 0 atom stereocenters. The van der Waals surface area contributed by atoms with Gasteiger partial charge in [0, 0.05) is 24.1 Å². The van der Waals surface area contributed by atoms with Crippen molar-refractivity contribution in [1.82, 2.24) is 5.32 Å². The van der Waals surface area contributed by atoms with Gasteiger partial charge < -0.3 is 5.32 Å². The maximum atomic E-state index is 14.0. The van der Waals surface area contributed by atoms with Crippen LogP contribution in [0.3, 0.4) is 0 Å². The second-order valence-electron chi connectivity index (χ2n) is 5.65. The van der Waals surface area contributed by atoms with Crippen LogP contribution in [-0.2, 0) is 5.41 Å². The standard InChI is InChI=1S/C15H21F2N/c1-11(2)18-10-15(7-3-4-8-15)13-6-5-12(16)9-14(13)17/h5-6,9,11,18H,3-4,7-8,10H2,1-2H3. The van der Waals surface area contributed by atoms with Crippen molar-refractivity contribution >= 4 is 0 Å². The Kier molecular flexibility index (Phi) is 4.00. The molecule has 1 aromatic carbocycles. The predicted molar refractivity (Wildman–Crippen MR) is 69.6 cm³/mol. The monoisotopic (exact) mass is 253 g/mol. The lowest BCUT2D eigenvalue weighted by atomic mass is 9.78. The minimum Gasteiger partial charge on any atom is -0.314 e. The Labute approximate surface area is 108 Å². The number of hydrogen-bond acceptors (Lipinski definition) is 1. The lowest BCUT2D eigenvalue weighted by Crippen LogP contribution is -2.39. The summed E-state index contributed by atoms with van der Waals surface area (Å²) in [5, 5.41) is 3.41. The van der Waals surface area contributed by atoms with E-state index in [1.165, 1.54) is 6.07 Å². The van der Waals surface area contributed by atoms with Crippen molar-refractivity contribution in [2.45, 2.75) is 51.0 Å². The number of hydrogen-bond donors (Lipinski definition) is 1. The summed E-state index contributed by atoms with van der Waals surface area (Å²) in [5.41, 5.74) is 0.525. The van der Waals surface area contributed by atoms with Crippen molar-refractivity contribution in [1.29, 1.82) is 0 Å². The lowest BCUT2D eigenvalue weighted by Gasteiger charge is -2.31. The average molecular weight is 253 g/mol. The molecule has 1 aliphatic rings. The van der Waals surface area contributed by atoms with Gasteiger partial charge in [0.15, 0.2) is 0 Å². The highest BCUT2D eigenvalue weighted by Crippen LogP contribution is 2.41. The molecule has 1 nitrogen and oxygen atoms in total. The lowest BCUT2D eigenvalue weighted by molar-refractivity contribution is 0.371. The molecule has 0 spiro atoms. The van der Waals surface area contributed by atoms with E-state index in [9.17, 15) is 8.78 Å². The Morgan fingerprint density at radius 2 is 1.89 bits per heavy atom. The molecule has 1 saturated carbocycles. The number of halogens is 2. The van der Waals surface area contributed by atoms with E-state index in [2.05, 4.69) is 19.2 Å². The summed E-state index contributed by atoms with van der Waals surface area (Å²) in [6.07, 6.45) is 4.21. The van der Waals surface area contributed by atoms with Crippen LogP contribution in [0.2, 0.25) is 0 Å². The summed E-state index contributed by atoms with van der Waals surface area (Å²) < 4.78 is 27.0. The molecule has 0 unspecified atom stereocenters. The zero-order chi connectivity index (χ0) is 13.2. The van der Waals surface area contributed by atoms with Gasteiger partial charge in [-0.15, -0.1) is 0 Å². The summed E-state index contributed by atoms with van der Waals surface area (Å²) in [7, 11) is 0. The fraction of sp³-hybridized carbons (Fsp3) is 0.600. The average Bonchev–Trinajstić information content (AvgIpc) is 2.76. The van der Waals surface area contributed by atoms with Gasteiger partial charge in [-0.1, -0.05) is 32.8 Å². The van der Waals surface area contributed by atoms with Crippen LogP contribution < -0.4 is 5.32 Å². The van der Waals surface area contributed by atoms with Gasteiger partial charge in [0.1, 0.15) is 11.6 Å². The summed E-state index contributed by atoms with van der Waals surface area (Å²) in [5.74, 6) is -0.899. The fourth-order valence-corrected chi connectivity index (χ4v) is 2.91. The van der Waals surface area contributed by atoms with Gasteiger partial charge in [-0.25, -0.2) is 8.78 Å². The third-order valence-corrected chi connectivity index (χ3v) is 3.91. The highest BCUT2D eigenvalue weighted by atomic mass is 19.1. The molecule has 0 saturated heterocycles. The topological polar surface area (TPSA) is 12.0 Å². The molecule has 0 aromatic heterocycles. The zero-order valence-electron chi connectivity index (χ0n) is 11.1. The molecule has 0 bridgehead atoms. The van der Waals surface area contributed by atoms with E-state index in [1.807, 2.05) is 0 Å². The summed E-state index contributed by atoms with van der Waals surface area (Å²) in [4.78, 5) is 0. The molecule has 0 radical (unpaired) electrons. The van der Waals surface area contributed by atoms with E-state index in [0.29, 0.717) is 11.6 Å². The normalized spacial score (nSPS) is 18.5. The molecule has 2 rings (SSSR count). The SMILES string of the molecule is CC(C)NCC1(c2ccc(F)cc2F)CCCC1. The Bertz CT molecular complexity index is 409. The Morgan fingerprint density at radius 1 is 1.22 bits per heavy atom. The van der Waals surface area contributed by atoms with Crippen molar-refractivity contribution in [2.75, 3.05) is 6.54 Å². The predicted octanol–water partition coefficient (Wildman–Crippen LogP) is 3.77. The Hall–Kier alpha value is -0.960. The summed E-state index contributed by atoms with van der Waals surface area (Å²) in [6.45, 7) is 4.94. The van der Waals surface area contributed by atoms with Crippen LogP contribution in [0.1, 0.15) is 45.1 Å². The van der Waals surface area contributed by atoms with Crippen LogP contribution >= 0.6 is 0 Å². The number of nitrogens with one attached hydrogen (secondary N) is 1. The van der Waals surface area contributed by atoms with Gasteiger partial charge in [0.05, 0.1) is 0 Å². The third kappa shape index (κ3) is 2.72. The zero-order valence-corrected chi connectivity index (χ0v) is 11.1. The third-order valence-electron chi connectivity index (χ3n) is 3.91. The molecule has 1 fully saturated rings. The summed E-state index contributed by atoms with van der Waals surface area (Å²) >= 11 is 0. The smallest absolute Gasteiger partial charge is 0.129 e.